The third kappa shape index (κ3) is 3.14. The fraction of sp³-hybridized carbons (Fsp3) is 0.545. The number of aliphatic hydroxyl groups is 1. The monoisotopic (exact) mass is 343 g/mol. The topological polar surface area (TPSA) is 177 Å². The number of fused-ring (bicyclic) bond motifs is 1. The van der Waals surface area contributed by atoms with Gasteiger partial charge in [-0.25, -0.2) is 4.98 Å². The SMILES string of the molecule is Nc1nc(N)c2ncn([C@@H]3C[C@@H](CO)N(CP(=O)(O)O)C3)c2n1. The minimum atomic E-state index is -4.21. The van der Waals surface area contributed by atoms with Crippen molar-refractivity contribution < 1.29 is 19.5 Å². The van der Waals surface area contributed by atoms with Gasteiger partial charge in [-0.05, 0) is 6.42 Å². The lowest BCUT2D eigenvalue weighted by molar-refractivity contribution is 0.168. The molecule has 0 saturated carbocycles. The molecule has 0 spiro atoms. The van der Waals surface area contributed by atoms with Crippen LogP contribution in [0.4, 0.5) is 11.8 Å². The molecule has 3 rings (SSSR count). The minimum absolute atomic E-state index is 0.0283. The van der Waals surface area contributed by atoms with Gasteiger partial charge in [0.2, 0.25) is 5.95 Å². The summed E-state index contributed by atoms with van der Waals surface area (Å²) < 4.78 is 13.0. The van der Waals surface area contributed by atoms with Gasteiger partial charge in [0.25, 0.3) is 0 Å². The number of hydrogen-bond acceptors (Lipinski definition) is 8. The molecule has 0 bridgehead atoms. The van der Waals surface area contributed by atoms with E-state index in [1.54, 1.807) is 15.8 Å². The lowest BCUT2D eigenvalue weighted by atomic mass is 10.2. The molecule has 2 atom stereocenters. The van der Waals surface area contributed by atoms with Crippen LogP contribution in [0.5, 0.6) is 0 Å². The summed E-state index contributed by atoms with van der Waals surface area (Å²) in [7, 11) is -4.21. The highest BCUT2D eigenvalue weighted by atomic mass is 31.2. The Morgan fingerprint density at radius 2 is 2.09 bits per heavy atom. The van der Waals surface area contributed by atoms with Crippen LogP contribution >= 0.6 is 7.60 Å². The van der Waals surface area contributed by atoms with E-state index in [2.05, 4.69) is 15.0 Å². The molecule has 12 heteroatoms. The Morgan fingerprint density at radius 3 is 2.74 bits per heavy atom. The Balaban J connectivity index is 1.92. The van der Waals surface area contributed by atoms with E-state index in [0.717, 1.165) is 0 Å². The Morgan fingerprint density at radius 1 is 1.35 bits per heavy atom. The second kappa shape index (κ2) is 5.69. The van der Waals surface area contributed by atoms with Crippen LogP contribution in [0.1, 0.15) is 12.5 Å². The van der Waals surface area contributed by atoms with Gasteiger partial charge in [-0.15, -0.1) is 0 Å². The minimum Gasteiger partial charge on any atom is -0.395 e. The molecule has 0 aromatic carbocycles. The Hall–Kier alpha value is -1.78. The van der Waals surface area contributed by atoms with Crippen molar-refractivity contribution in [2.24, 2.45) is 0 Å². The molecule has 7 N–H and O–H groups in total. The number of likely N-dealkylation sites (tertiary alicyclic amines) is 1. The first-order valence-electron chi connectivity index (χ1n) is 6.93. The Labute approximate surface area is 131 Å². The van der Waals surface area contributed by atoms with Gasteiger partial charge in [-0.2, -0.15) is 9.97 Å². The van der Waals surface area contributed by atoms with Gasteiger partial charge in [0.15, 0.2) is 11.5 Å². The van der Waals surface area contributed by atoms with Crippen molar-refractivity contribution >= 4 is 30.5 Å². The smallest absolute Gasteiger partial charge is 0.339 e. The first-order valence-corrected chi connectivity index (χ1v) is 8.73. The standard InChI is InChI=1S/C11H18N7O4P/c12-9-8-10(16-11(13)15-9)18(4-14-8)6-1-7(3-19)17(2-6)5-23(20,21)22/h4,6-7,19H,1-3,5H2,(H2,20,21,22)(H4,12,13,15,16)/t6-,7+/m1/s1. The van der Waals surface area contributed by atoms with Crippen molar-refractivity contribution in [1.82, 2.24) is 24.4 Å². The Kier molecular flexibility index (Phi) is 3.98. The number of imidazole rings is 1. The normalized spacial score (nSPS) is 22.9. The van der Waals surface area contributed by atoms with Crippen LogP contribution in [0.3, 0.4) is 0 Å². The van der Waals surface area contributed by atoms with Crippen LogP contribution in [-0.4, -0.2) is 64.8 Å². The molecule has 0 amide bonds. The van der Waals surface area contributed by atoms with Gasteiger partial charge >= 0.3 is 7.60 Å². The van der Waals surface area contributed by atoms with Gasteiger partial charge < -0.3 is 30.9 Å². The third-order valence-corrected chi connectivity index (χ3v) is 4.67. The molecule has 1 aliphatic heterocycles. The Bertz CT molecular complexity index is 775. The number of nitrogens with two attached hydrogens (primary N) is 2. The summed E-state index contributed by atoms with van der Waals surface area (Å²) in [5.41, 5.74) is 12.3. The summed E-state index contributed by atoms with van der Waals surface area (Å²) in [6.07, 6.45) is 1.65. The molecule has 1 fully saturated rings. The first-order chi connectivity index (χ1) is 10.8. The summed E-state index contributed by atoms with van der Waals surface area (Å²) in [4.78, 5) is 32.1. The quantitative estimate of drug-likeness (QED) is 0.421. The summed E-state index contributed by atoms with van der Waals surface area (Å²) >= 11 is 0. The van der Waals surface area contributed by atoms with E-state index in [1.807, 2.05) is 0 Å². The average molecular weight is 343 g/mol. The van der Waals surface area contributed by atoms with Crippen LogP contribution in [0, 0.1) is 0 Å². The van der Waals surface area contributed by atoms with Gasteiger partial charge in [0.05, 0.1) is 19.0 Å². The summed E-state index contributed by atoms with van der Waals surface area (Å²) in [5.74, 6) is 0.204. The second-order valence-corrected chi connectivity index (χ2v) is 7.21. The van der Waals surface area contributed by atoms with E-state index in [-0.39, 0.29) is 30.5 Å². The van der Waals surface area contributed by atoms with Gasteiger partial charge in [-0.1, -0.05) is 0 Å². The van der Waals surface area contributed by atoms with Gasteiger partial charge in [-0.3, -0.25) is 9.46 Å². The van der Waals surface area contributed by atoms with Crippen LogP contribution in [0.2, 0.25) is 0 Å². The van der Waals surface area contributed by atoms with E-state index < -0.39 is 13.9 Å². The van der Waals surface area contributed by atoms with Crippen molar-refractivity contribution in [2.45, 2.75) is 18.5 Å². The maximum atomic E-state index is 11.2. The number of nitrogens with zero attached hydrogens (tertiary/aromatic N) is 5. The van der Waals surface area contributed by atoms with Crippen LogP contribution in [0.15, 0.2) is 6.33 Å². The highest BCUT2D eigenvalue weighted by Crippen LogP contribution is 2.40. The molecule has 1 saturated heterocycles. The molecule has 0 radical (unpaired) electrons. The zero-order valence-electron chi connectivity index (χ0n) is 12.1. The van der Waals surface area contributed by atoms with Crippen molar-refractivity contribution in [3.05, 3.63) is 6.33 Å². The molecule has 0 unspecified atom stereocenters. The van der Waals surface area contributed by atoms with E-state index in [4.69, 9.17) is 21.3 Å². The average Bonchev–Trinajstić information content (AvgIpc) is 3.00. The number of hydrogen-bond donors (Lipinski definition) is 5. The van der Waals surface area contributed by atoms with Crippen molar-refractivity contribution in [2.75, 3.05) is 30.9 Å². The number of aliphatic hydroxyl groups excluding tert-OH is 1. The maximum Gasteiger partial charge on any atom is 0.339 e. The first kappa shape index (κ1) is 16.1. The predicted octanol–water partition coefficient (Wildman–Crippen LogP) is -1.27. The van der Waals surface area contributed by atoms with E-state index in [0.29, 0.717) is 24.1 Å². The van der Waals surface area contributed by atoms with E-state index >= 15 is 0 Å². The molecule has 126 valence electrons. The molecule has 2 aromatic heterocycles. The number of anilines is 2. The van der Waals surface area contributed by atoms with Gasteiger partial charge in [0.1, 0.15) is 11.8 Å². The molecule has 3 heterocycles. The van der Waals surface area contributed by atoms with Crippen LogP contribution in [0.25, 0.3) is 11.2 Å². The maximum absolute atomic E-state index is 11.2. The summed E-state index contributed by atoms with van der Waals surface area (Å²) in [6.45, 7) is 0.161. The molecular weight excluding hydrogens is 325 g/mol. The van der Waals surface area contributed by atoms with Crippen molar-refractivity contribution in [3.8, 4) is 0 Å². The number of rotatable bonds is 4. The fourth-order valence-corrected chi connectivity index (χ4v) is 3.80. The van der Waals surface area contributed by atoms with Crippen molar-refractivity contribution in [1.29, 1.82) is 0 Å². The predicted molar refractivity (Wildman–Crippen MR) is 82.3 cm³/mol. The molecular formula is C11H18N7O4P. The van der Waals surface area contributed by atoms with E-state index in [9.17, 15) is 9.67 Å². The second-order valence-electron chi connectivity index (χ2n) is 5.59. The highest BCUT2D eigenvalue weighted by molar-refractivity contribution is 7.51. The lowest BCUT2D eigenvalue weighted by Gasteiger charge is -2.22. The van der Waals surface area contributed by atoms with Crippen LogP contribution in [-0.2, 0) is 4.57 Å². The zero-order chi connectivity index (χ0) is 16.8. The van der Waals surface area contributed by atoms with Gasteiger partial charge in [0, 0.05) is 12.6 Å². The molecule has 11 nitrogen and oxygen atoms in total. The third-order valence-electron chi connectivity index (χ3n) is 3.94. The lowest BCUT2D eigenvalue weighted by Crippen LogP contribution is -2.33. The van der Waals surface area contributed by atoms with Crippen molar-refractivity contribution in [3.63, 3.8) is 0 Å². The zero-order valence-corrected chi connectivity index (χ0v) is 13.0. The molecule has 2 aromatic rings. The number of aromatic nitrogens is 4. The highest BCUT2D eigenvalue weighted by Gasteiger charge is 2.36. The largest absolute Gasteiger partial charge is 0.395 e. The summed E-state index contributed by atoms with van der Waals surface area (Å²) in [5, 5.41) is 9.46. The summed E-state index contributed by atoms with van der Waals surface area (Å²) in [6, 6.07) is -0.501. The van der Waals surface area contributed by atoms with Crippen LogP contribution < -0.4 is 11.5 Å². The fourth-order valence-electron chi connectivity index (χ4n) is 2.98. The molecule has 1 aliphatic rings. The molecule has 23 heavy (non-hydrogen) atoms. The molecule has 0 aliphatic carbocycles. The number of nitrogen functional groups attached to an aromatic ring is 2. The van der Waals surface area contributed by atoms with E-state index in [1.165, 1.54) is 0 Å².